The van der Waals surface area contributed by atoms with Gasteiger partial charge in [0, 0.05) is 0 Å². The van der Waals surface area contributed by atoms with Crippen molar-refractivity contribution in [2.45, 2.75) is 20.1 Å². The van der Waals surface area contributed by atoms with E-state index >= 15 is 0 Å². The number of nitrogens with one attached hydrogen (secondary N) is 1. The molecule has 3 N–H and O–H groups in total. The van der Waals surface area contributed by atoms with Crippen LogP contribution in [0, 0.1) is 6.92 Å². The number of hydrogen-bond acceptors (Lipinski definition) is 5. The molecule has 124 valence electrons. The first-order valence-electron chi connectivity index (χ1n) is 6.39. The molecular formula is C12H14ClN4O5P. The van der Waals surface area contributed by atoms with Crippen molar-refractivity contribution < 1.29 is 23.7 Å². The minimum absolute atomic E-state index is 0.0530. The van der Waals surface area contributed by atoms with Gasteiger partial charge in [0.25, 0.3) is 5.91 Å². The van der Waals surface area contributed by atoms with E-state index in [2.05, 4.69) is 20.0 Å². The first kappa shape index (κ1) is 17.6. The number of hydrogen-bond donors (Lipinski definition) is 3. The van der Waals surface area contributed by atoms with E-state index in [4.69, 9.17) is 21.4 Å². The summed E-state index contributed by atoms with van der Waals surface area (Å²) in [6.45, 7) is 3.20. The van der Waals surface area contributed by atoms with Gasteiger partial charge in [-0.05, 0) is 31.5 Å². The van der Waals surface area contributed by atoms with Crippen LogP contribution in [0.5, 0.6) is 0 Å². The van der Waals surface area contributed by atoms with E-state index in [0.29, 0.717) is 10.7 Å². The maximum absolute atomic E-state index is 12.1. The van der Waals surface area contributed by atoms with Crippen LogP contribution in [-0.2, 0) is 9.09 Å². The normalized spacial score (nSPS) is 12.9. The van der Waals surface area contributed by atoms with E-state index in [1.807, 2.05) is 6.92 Å². The topological polar surface area (TPSA) is 127 Å². The van der Waals surface area contributed by atoms with Crippen molar-refractivity contribution in [1.29, 1.82) is 0 Å². The number of rotatable bonds is 5. The second kappa shape index (κ2) is 6.77. The summed E-state index contributed by atoms with van der Waals surface area (Å²) < 4.78 is 15.2. The van der Waals surface area contributed by atoms with Crippen molar-refractivity contribution in [3.8, 4) is 0 Å². The monoisotopic (exact) mass is 360 g/mol. The van der Waals surface area contributed by atoms with Gasteiger partial charge in [-0.15, -0.1) is 5.10 Å². The summed E-state index contributed by atoms with van der Waals surface area (Å²) in [5, 5.41) is 10.5. The standard InChI is InChI=1S/C12H14ClN4O5P/c1-7-3-4-10(9(13)5-7)15-12(18)11-6-14-17(16-11)8(2)22-23(19,20)21/h3-6,8H,1-2H3,(H,15,18)(H2,19,20,21). The average Bonchev–Trinajstić information content (AvgIpc) is 2.90. The highest BCUT2D eigenvalue weighted by Gasteiger charge is 2.22. The highest BCUT2D eigenvalue weighted by Crippen LogP contribution is 2.39. The summed E-state index contributed by atoms with van der Waals surface area (Å²) in [7, 11) is -4.69. The zero-order valence-electron chi connectivity index (χ0n) is 12.2. The Kier molecular flexibility index (Phi) is 5.18. The number of phosphoric acid groups is 1. The summed E-state index contributed by atoms with van der Waals surface area (Å²) >= 11 is 6.03. The summed E-state index contributed by atoms with van der Waals surface area (Å²) in [4.78, 5) is 30.5. The summed E-state index contributed by atoms with van der Waals surface area (Å²) in [5.74, 6) is -0.564. The SMILES string of the molecule is Cc1ccc(NC(=O)c2cnn(C(C)OP(=O)(O)O)n2)c(Cl)c1. The second-order valence-electron chi connectivity index (χ2n) is 4.68. The molecule has 9 nitrogen and oxygen atoms in total. The molecule has 1 amide bonds. The molecule has 0 aliphatic heterocycles. The lowest BCUT2D eigenvalue weighted by Crippen LogP contribution is -2.15. The summed E-state index contributed by atoms with van der Waals surface area (Å²) in [6, 6.07) is 5.14. The Labute approximate surface area is 136 Å². The summed E-state index contributed by atoms with van der Waals surface area (Å²) in [5.41, 5.74) is 1.31. The Hall–Kier alpha value is -1.77. The zero-order valence-corrected chi connectivity index (χ0v) is 13.8. The van der Waals surface area contributed by atoms with Gasteiger partial charge in [0.2, 0.25) is 0 Å². The Morgan fingerprint density at radius 1 is 1.48 bits per heavy atom. The van der Waals surface area contributed by atoms with E-state index in [-0.39, 0.29) is 5.69 Å². The van der Waals surface area contributed by atoms with Crippen molar-refractivity contribution in [1.82, 2.24) is 15.0 Å². The Morgan fingerprint density at radius 3 is 2.78 bits per heavy atom. The first-order valence-corrected chi connectivity index (χ1v) is 8.30. The van der Waals surface area contributed by atoms with Crippen LogP contribution in [0.15, 0.2) is 24.4 Å². The van der Waals surface area contributed by atoms with E-state index in [1.165, 1.54) is 6.92 Å². The molecule has 1 heterocycles. The van der Waals surface area contributed by atoms with Gasteiger partial charge in [-0.25, -0.2) is 4.57 Å². The minimum atomic E-state index is -4.69. The molecule has 0 aliphatic carbocycles. The van der Waals surface area contributed by atoms with Crippen LogP contribution in [0.25, 0.3) is 0 Å². The van der Waals surface area contributed by atoms with Crippen LogP contribution in [-0.4, -0.2) is 30.7 Å². The predicted octanol–water partition coefficient (Wildman–Crippen LogP) is 2.12. The molecule has 0 radical (unpaired) electrons. The predicted molar refractivity (Wildman–Crippen MR) is 82.0 cm³/mol. The molecule has 11 heteroatoms. The molecule has 0 aliphatic rings. The van der Waals surface area contributed by atoms with Crippen LogP contribution in [0.4, 0.5) is 5.69 Å². The van der Waals surface area contributed by atoms with Crippen molar-refractivity contribution >= 4 is 31.0 Å². The van der Waals surface area contributed by atoms with Gasteiger partial charge in [-0.1, -0.05) is 17.7 Å². The molecule has 23 heavy (non-hydrogen) atoms. The number of amides is 1. The van der Waals surface area contributed by atoms with Gasteiger partial charge >= 0.3 is 7.82 Å². The fourth-order valence-corrected chi connectivity index (χ4v) is 2.47. The highest BCUT2D eigenvalue weighted by molar-refractivity contribution is 7.46. The molecule has 1 aromatic heterocycles. The number of halogens is 1. The minimum Gasteiger partial charge on any atom is -0.319 e. The number of aryl methyl sites for hydroxylation is 1. The Bertz CT molecular complexity index is 775. The van der Waals surface area contributed by atoms with E-state index < -0.39 is 20.0 Å². The molecule has 0 bridgehead atoms. The molecule has 1 atom stereocenters. The lowest BCUT2D eigenvalue weighted by atomic mass is 10.2. The molecular weight excluding hydrogens is 347 g/mol. The smallest absolute Gasteiger partial charge is 0.319 e. The van der Waals surface area contributed by atoms with Crippen LogP contribution >= 0.6 is 19.4 Å². The number of anilines is 1. The largest absolute Gasteiger partial charge is 0.471 e. The molecule has 1 aromatic carbocycles. The molecule has 0 spiro atoms. The van der Waals surface area contributed by atoms with Crippen LogP contribution in [0.1, 0.15) is 29.2 Å². The van der Waals surface area contributed by atoms with Crippen molar-refractivity contribution in [3.63, 3.8) is 0 Å². The lowest BCUT2D eigenvalue weighted by Gasteiger charge is -2.12. The van der Waals surface area contributed by atoms with Crippen LogP contribution in [0.3, 0.4) is 0 Å². The highest BCUT2D eigenvalue weighted by atomic mass is 35.5. The number of phosphoric ester groups is 1. The van der Waals surface area contributed by atoms with Crippen LogP contribution < -0.4 is 5.32 Å². The van der Waals surface area contributed by atoms with E-state index in [0.717, 1.165) is 16.6 Å². The number of nitrogens with zero attached hydrogens (tertiary/aromatic N) is 3. The molecule has 0 fully saturated rings. The zero-order chi connectivity index (χ0) is 17.2. The average molecular weight is 361 g/mol. The third kappa shape index (κ3) is 4.85. The third-order valence-corrected chi connectivity index (χ3v) is 3.62. The van der Waals surface area contributed by atoms with Crippen molar-refractivity contribution in [3.05, 3.63) is 40.7 Å². The van der Waals surface area contributed by atoms with E-state index in [1.54, 1.807) is 18.2 Å². The van der Waals surface area contributed by atoms with Gasteiger partial charge in [-0.2, -0.15) is 9.90 Å². The Morgan fingerprint density at radius 2 is 2.17 bits per heavy atom. The number of benzene rings is 1. The molecule has 2 rings (SSSR count). The van der Waals surface area contributed by atoms with Crippen molar-refractivity contribution in [2.75, 3.05) is 5.32 Å². The third-order valence-electron chi connectivity index (χ3n) is 2.73. The summed E-state index contributed by atoms with van der Waals surface area (Å²) in [6.07, 6.45) is 0.0112. The van der Waals surface area contributed by atoms with Crippen LogP contribution in [0.2, 0.25) is 5.02 Å². The lowest BCUT2D eigenvalue weighted by molar-refractivity contribution is 0.0764. The van der Waals surface area contributed by atoms with Crippen molar-refractivity contribution in [2.24, 2.45) is 0 Å². The second-order valence-corrected chi connectivity index (χ2v) is 6.28. The molecule has 0 saturated carbocycles. The van der Waals surface area contributed by atoms with Gasteiger partial charge in [0.1, 0.15) is 0 Å². The van der Waals surface area contributed by atoms with Gasteiger partial charge < -0.3 is 15.1 Å². The maximum Gasteiger partial charge on any atom is 0.471 e. The number of aromatic nitrogens is 3. The maximum atomic E-state index is 12.1. The Balaban J connectivity index is 2.10. The number of carbonyl (C=O) groups is 1. The van der Waals surface area contributed by atoms with E-state index in [9.17, 15) is 9.36 Å². The molecule has 1 unspecified atom stereocenters. The fourth-order valence-electron chi connectivity index (χ4n) is 1.70. The van der Waals surface area contributed by atoms with Gasteiger partial charge in [0.15, 0.2) is 11.9 Å². The number of carbonyl (C=O) groups excluding carboxylic acids is 1. The molecule has 0 saturated heterocycles. The van der Waals surface area contributed by atoms with Gasteiger partial charge in [-0.3, -0.25) is 9.32 Å². The molecule has 2 aromatic rings. The quantitative estimate of drug-likeness (QED) is 0.697. The fraction of sp³-hybridized carbons (Fsp3) is 0.250. The first-order chi connectivity index (χ1) is 10.7. The van der Waals surface area contributed by atoms with Gasteiger partial charge in [0.05, 0.1) is 16.9 Å².